The summed E-state index contributed by atoms with van der Waals surface area (Å²) in [5, 5.41) is 3.39. The first-order valence-electron chi connectivity index (χ1n) is 14.4. The lowest BCUT2D eigenvalue weighted by atomic mass is 9.83. The van der Waals surface area contributed by atoms with Crippen LogP contribution in [-0.4, -0.2) is 71.9 Å². The molecule has 5 rings (SSSR count). The maximum atomic E-state index is 5.49. The van der Waals surface area contributed by atoms with E-state index in [1.54, 1.807) is 11.8 Å². The fourth-order valence-corrected chi connectivity index (χ4v) is 7.27. The number of anilines is 3. The lowest BCUT2D eigenvalue weighted by molar-refractivity contribution is 0.120. The highest BCUT2D eigenvalue weighted by atomic mass is 79.9. The third kappa shape index (κ3) is 5.40. The summed E-state index contributed by atoms with van der Waals surface area (Å²) in [7, 11) is 4.12. The quantitative estimate of drug-likeness (QED) is 0.151. The molecule has 0 radical (unpaired) electrons. The summed E-state index contributed by atoms with van der Waals surface area (Å²) in [6, 6.07) is 8.96. The van der Waals surface area contributed by atoms with Crippen LogP contribution in [0, 0.1) is 13.8 Å². The van der Waals surface area contributed by atoms with Crippen molar-refractivity contribution in [2.75, 3.05) is 36.6 Å². The van der Waals surface area contributed by atoms with E-state index in [4.69, 9.17) is 9.98 Å². The standard InChI is InChI=1S/C33H39BBrN7S/c1-10-20(4)40-16-22(6)41(17-21(40)5)32-24-15-19(3)29(27-25(36-8)12-11-18(2)28(27)34)39-33(24)42(23(7)38-32)30-26(43-9)13-14-37-31(30)35/h10-15,21-22,36H,1,4,7,16-17,34H2,2-3,5-6,8-9H3/t21-,22?/m1/s1. The molecular weight excluding hydrogens is 617 g/mol. The molecule has 1 unspecified atom stereocenters. The monoisotopic (exact) mass is 655 g/mol. The minimum Gasteiger partial charge on any atom is -0.388 e. The molecule has 1 N–H and O–H groups in total. The number of piperazine rings is 1. The first kappa shape index (κ1) is 30.9. The number of nitrogens with one attached hydrogen (secondary N) is 1. The Morgan fingerprint density at radius 1 is 1.16 bits per heavy atom. The summed E-state index contributed by atoms with van der Waals surface area (Å²) < 4.78 is 0.718. The van der Waals surface area contributed by atoms with E-state index in [1.807, 2.05) is 25.4 Å². The van der Waals surface area contributed by atoms with Gasteiger partial charge in [0.25, 0.3) is 0 Å². The normalized spacial score (nSPS) is 18.3. The van der Waals surface area contributed by atoms with Gasteiger partial charge in [-0.25, -0.2) is 15.0 Å². The van der Waals surface area contributed by atoms with Crippen LogP contribution in [0.1, 0.15) is 30.5 Å². The highest BCUT2D eigenvalue weighted by Gasteiger charge is 2.37. The van der Waals surface area contributed by atoms with Crippen molar-refractivity contribution in [2.45, 2.75) is 44.7 Å². The number of hydrogen-bond donors (Lipinski definition) is 1. The van der Waals surface area contributed by atoms with Gasteiger partial charge in [0.2, 0.25) is 0 Å². The number of allylic oxidation sites excluding steroid dienone is 1. The van der Waals surface area contributed by atoms with E-state index in [-0.39, 0.29) is 12.1 Å². The maximum absolute atomic E-state index is 5.49. The summed E-state index contributed by atoms with van der Waals surface area (Å²) in [5.41, 5.74) is 9.39. The van der Waals surface area contributed by atoms with Crippen molar-refractivity contribution in [1.82, 2.24) is 19.8 Å². The lowest BCUT2D eigenvalue weighted by Gasteiger charge is -2.48. The highest BCUT2D eigenvalue weighted by molar-refractivity contribution is 9.10. The summed E-state index contributed by atoms with van der Waals surface area (Å²) in [4.78, 5) is 23.1. The Balaban J connectivity index is 1.75. The molecule has 1 aromatic carbocycles. The van der Waals surface area contributed by atoms with Crippen LogP contribution >= 0.6 is 27.7 Å². The molecule has 2 aliphatic rings. The topological polar surface area (TPSA) is 59.9 Å². The lowest BCUT2D eigenvalue weighted by Crippen LogP contribution is -2.58. The molecule has 4 heterocycles. The van der Waals surface area contributed by atoms with Crippen LogP contribution in [0.2, 0.25) is 0 Å². The van der Waals surface area contributed by atoms with E-state index in [0.29, 0.717) is 5.82 Å². The molecular formula is C33H39BBrN7S. The Morgan fingerprint density at radius 3 is 2.58 bits per heavy atom. The van der Waals surface area contributed by atoms with Gasteiger partial charge in [-0.2, -0.15) is 0 Å². The van der Waals surface area contributed by atoms with Gasteiger partial charge in [0.05, 0.1) is 16.9 Å². The summed E-state index contributed by atoms with van der Waals surface area (Å²) in [6.45, 7) is 23.0. The zero-order valence-electron chi connectivity index (χ0n) is 26.1. The largest absolute Gasteiger partial charge is 0.388 e. The number of fused-ring (bicyclic) bond motifs is 1. The molecule has 222 valence electrons. The average molecular weight is 657 g/mol. The number of hydrogen-bond acceptors (Lipinski definition) is 8. The Labute approximate surface area is 269 Å². The Bertz CT molecular complexity index is 1670. The van der Waals surface area contributed by atoms with Crippen LogP contribution in [0.25, 0.3) is 11.3 Å². The van der Waals surface area contributed by atoms with Gasteiger partial charge in [0.15, 0.2) is 5.82 Å². The van der Waals surface area contributed by atoms with Gasteiger partial charge in [-0.05, 0) is 79.7 Å². The van der Waals surface area contributed by atoms with Crippen molar-refractivity contribution in [3.05, 3.63) is 89.1 Å². The summed E-state index contributed by atoms with van der Waals surface area (Å²) in [6.07, 6.45) is 5.71. The fourth-order valence-electron chi connectivity index (χ4n) is 6.05. The van der Waals surface area contributed by atoms with Gasteiger partial charge in [-0.3, -0.25) is 4.90 Å². The molecule has 7 nitrogen and oxygen atoms in total. The third-order valence-electron chi connectivity index (χ3n) is 8.53. The molecule has 43 heavy (non-hydrogen) atoms. The second kappa shape index (κ2) is 12.2. The van der Waals surface area contributed by atoms with Gasteiger partial charge in [0, 0.05) is 60.3 Å². The number of rotatable bonds is 6. The van der Waals surface area contributed by atoms with Crippen LogP contribution in [0.4, 0.5) is 17.2 Å². The van der Waals surface area contributed by atoms with Crippen molar-refractivity contribution in [3.8, 4) is 11.3 Å². The van der Waals surface area contributed by atoms with Crippen LogP contribution in [-0.2, 0) is 0 Å². The van der Waals surface area contributed by atoms with Gasteiger partial charge in [-0.1, -0.05) is 36.8 Å². The summed E-state index contributed by atoms with van der Waals surface area (Å²) in [5.74, 6) is 2.28. The van der Waals surface area contributed by atoms with Crippen molar-refractivity contribution >= 4 is 64.0 Å². The smallest absolute Gasteiger partial charge is 0.150 e. The molecule has 10 heteroatoms. The molecule has 3 aromatic rings. The second-order valence-corrected chi connectivity index (χ2v) is 12.8. The van der Waals surface area contributed by atoms with Crippen molar-refractivity contribution in [3.63, 3.8) is 0 Å². The highest BCUT2D eigenvalue weighted by Crippen LogP contribution is 2.45. The predicted octanol–water partition coefficient (Wildman–Crippen LogP) is 6.01. The van der Waals surface area contributed by atoms with Crippen molar-refractivity contribution in [2.24, 2.45) is 4.99 Å². The van der Waals surface area contributed by atoms with Gasteiger partial charge in [-0.15, -0.1) is 11.8 Å². The van der Waals surface area contributed by atoms with Crippen molar-refractivity contribution in [1.29, 1.82) is 0 Å². The Hall–Kier alpha value is -3.50. The first-order valence-corrected chi connectivity index (χ1v) is 16.4. The van der Waals surface area contributed by atoms with E-state index in [2.05, 4.69) is 121 Å². The van der Waals surface area contributed by atoms with Crippen LogP contribution < -0.4 is 15.7 Å². The summed E-state index contributed by atoms with van der Waals surface area (Å²) >= 11 is 5.39. The van der Waals surface area contributed by atoms with E-state index in [0.717, 1.165) is 73.7 Å². The van der Waals surface area contributed by atoms with Crippen LogP contribution in [0.15, 0.2) is 82.3 Å². The number of aryl methyl sites for hydroxylation is 2. The molecule has 1 saturated heterocycles. The van der Waals surface area contributed by atoms with Gasteiger partial charge < -0.3 is 15.1 Å². The average Bonchev–Trinajstić information content (AvgIpc) is 2.99. The third-order valence-corrected chi connectivity index (χ3v) is 9.88. The van der Waals surface area contributed by atoms with Gasteiger partial charge in [0.1, 0.15) is 24.1 Å². The molecule has 2 atom stereocenters. The number of aliphatic imine (C=N–C) groups is 1. The van der Waals surface area contributed by atoms with Gasteiger partial charge >= 0.3 is 0 Å². The number of pyridine rings is 2. The molecule has 2 aliphatic heterocycles. The minimum absolute atomic E-state index is 0.181. The Morgan fingerprint density at radius 2 is 1.91 bits per heavy atom. The number of aromatic nitrogens is 2. The SMILES string of the molecule is Bc1c(C)ccc(NC)c1-c1nc2c(cc1C)C(N1C[C@@H](C)N(C(=C)C=C)CC1C)=NC(=C)N2c1c(SC)ccnc1Br. The first-order chi connectivity index (χ1) is 20.5. The van der Waals surface area contributed by atoms with E-state index in [9.17, 15) is 0 Å². The number of halogens is 1. The molecule has 0 amide bonds. The number of benzene rings is 1. The number of nitrogens with zero attached hydrogens (tertiary/aromatic N) is 6. The predicted molar refractivity (Wildman–Crippen MR) is 190 cm³/mol. The zero-order chi connectivity index (χ0) is 31.2. The second-order valence-electron chi connectivity index (χ2n) is 11.2. The molecule has 0 aliphatic carbocycles. The minimum atomic E-state index is 0.181. The molecule has 1 fully saturated rings. The van der Waals surface area contributed by atoms with Crippen LogP contribution in [0.5, 0.6) is 0 Å². The molecule has 2 aromatic heterocycles. The zero-order valence-corrected chi connectivity index (χ0v) is 28.5. The maximum Gasteiger partial charge on any atom is 0.150 e. The van der Waals surface area contributed by atoms with E-state index < -0.39 is 0 Å². The van der Waals surface area contributed by atoms with E-state index in [1.165, 1.54) is 11.0 Å². The van der Waals surface area contributed by atoms with E-state index >= 15 is 0 Å². The molecule has 0 spiro atoms. The van der Waals surface area contributed by atoms with Crippen molar-refractivity contribution < 1.29 is 0 Å². The fraction of sp³-hybridized carbons (Fsp3) is 0.303. The number of thioether (sulfide) groups is 1. The number of amidine groups is 1. The Kier molecular flexibility index (Phi) is 8.81. The molecule has 0 bridgehead atoms. The molecule has 0 saturated carbocycles. The van der Waals surface area contributed by atoms with Crippen LogP contribution in [0.3, 0.4) is 0 Å².